The second-order valence-corrected chi connectivity index (χ2v) is 3.38. The molecular weight excluding hydrogens is 224 g/mol. The van der Waals surface area contributed by atoms with Gasteiger partial charge in [-0.3, -0.25) is 9.63 Å². The number of hydroxylamine groups is 1. The number of benzene rings is 1. The predicted molar refractivity (Wildman–Crippen MR) is 61.1 cm³/mol. The van der Waals surface area contributed by atoms with Gasteiger partial charge < -0.3 is 15.6 Å². The first-order chi connectivity index (χ1) is 8.18. The maximum Gasteiger partial charge on any atom is 0.245 e. The summed E-state index contributed by atoms with van der Waals surface area (Å²) in [4.78, 5) is 15.0. The van der Waals surface area contributed by atoms with Gasteiger partial charge >= 0.3 is 0 Å². The van der Waals surface area contributed by atoms with Gasteiger partial charge in [0, 0.05) is 0 Å². The van der Waals surface area contributed by atoms with Crippen molar-refractivity contribution in [3.05, 3.63) is 30.3 Å². The van der Waals surface area contributed by atoms with E-state index < -0.39 is 12.0 Å². The minimum atomic E-state index is -0.733. The molecule has 94 valence electrons. The Balaban J connectivity index is 2.09. The van der Waals surface area contributed by atoms with Crippen molar-refractivity contribution in [3.63, 3.8) is 0 Å². The molecular formula is C11H16N2O4. The molecule has 0 fully saturated rings. The van der Waals surface area contributed by atoms with E-state index in [0.717, 1.165) is 0 Å². The third kappa shape index (κ3) is 6.52. The van der Waals surface area contributed by atoms with Crippen molar-refractivity contribution in [3.8, 4) is 5.75 Å². The van der Waals surface area contributed by atoms with Crippen LogP contribution in [0.3, 0.4) is 0 Å². The molecule has 1 rings (SSSR count). The van der Waals surface area contributed by atoms with Crippen molar-refractivity contribution < 1.29 is 19.5 Å². The number of rotatable bonds is 8. The largest absolute Gasteiger partial charge is 0.491 e. The van der Waals surface area contributed by atoms with E-state index in [4.69, 9.17) is 10.5 Å². The maximum atomic E-state index is 10.3. The van der Waals surface area contributed by atoms with Gasteiger partial charge in [0.1, 0.15) is 25.1 Å². The van der Waals surface area contributed by atoms with Gasteiger partial charge in [-0.25, -0.2) is 0 Å². The number of nitrogens with two attached hydrogens (primary N) is 1. The van der Waals surface area contributed by atoms with Crippen LogP contribution in [0.25, 0.3) is 0 Å². The van der Waals surface area contributed by atoms with E-state index in [2.05, 4.69) is 10.3 Å². The summed E-state index contributed by atoms with van der Waals surface area (Å²) < 4.78 is 5.31. The quantitative estimate of drug-likeness (QED) is 0.418. The van der Waals surface area contributed by atoms with Crippen LogP contribution in [-0.2, 0) is 9.63 Å². The number of ether oxygens (including phenoxy) is 1. The van der Waals surface area contributed by atoms with Crippen molar-refractivity contribution in [1.29, 1.82) is 0 Å². The average Bonchev–Trinajstić information content (AvgIpc) is 2.33. The zero-order valence-corrected chi connectivity index (χ0v) is 9.33. The van der Waals surface area contributed by atoms with E-state index in [1.54, 1.807) is 12.1 Å². The smallest absolute Gasteiger partial charge is 0.245 e. The number of carbonyl (C=O) groups is 1. The lowest BCUT2D eigenvalue weighted by atomic mass is 10.3. The van der Waals surface area contributed by atoms with Gasteiger partial charge in [0.2, 0.25) is 5.91 Å². The summed E-state index contributed by atoms with van der Waals surface area (Å²) in [5, 5.41) is 9.49. The van der Waals surface area contributed by atoms with Crippen LogP contribution in [0.2, 0.25) is 0 Å². The number of carbonyl (C=O) groups excluding carboxylic acids is 1. The van der Waals surface area contributed by atoms with E-state index >= 15 is 0 Å². The number of amides is 1. The number of primary amides is 1. The molecule has 0 spiro atoms. The first-order valence-electron chi connectivity index (χ1n) is 5.17. The molecule has 17 heavy (non-hydrogen) atoms. The van der Waals surface area contributed by atoms with Gasteiger partial charge in [-0.05, 0) is 12.1 Å². The molecule has 1 amide bonds. The van der Waals surface area contributed by atoms with Crippen molar-refractivity contribution in [2.75, 3.05) is 19.8 Å². The van der Waals surface area contributed by atoms with Gasteiger partial charge in [-0.2, -0.15) is 5.48 Å². The Bertz CT molecular complexity index is 332. The van der Waals surface area contributed by atoms with Crippen molar-refractivity contribution in [1.82, 2.24) is 5.48 Å². The second kappa shape index (κ2) is 7.61. The molecule has 0 heterocycles. The summed E-state index contributed by atoms with van der Waals surface area (Å²) in [6, 6.07) is 9.15. The lowest BCUT2D eigenvalue weighted by molar-refractivity contribution is -0.125. The zero-order chi connectivity index (χ0) is 12.5. The Morgan fingerprint density at radius 3 is 2.76 bits per heavy atom. The van der Waals surface area contributed by atoms with E-state index in [1.807, 2.05) is 18.2 Å². The van der Waals surface area contributed by atoms with Crippen LogP contribution in [0.5, 0.6) is 5.75 Å². The molecule has 0 radical (unpaired) electrons. The molecule has 0 aliphatic heterocycles. The first-order valence-corrected chi connectivity index (χ1v) is 5.17. The number of hydrogen-bond acceptors (Lipinski definition) is 5. The maximum absolute atomic E-state index is 10.3. The SMILES string of the molecule is NC(=O)CONCC(O)COc1ccccc1. The molecule has 4 N–H and O–H groups in total. The van der Waals surface area contributed by atoms with Crippen LogP contribution in [0.15, 0.2) is 30.3 Å². The summed E-state index contributed by atoms with van der Waals surface area (Å²) in [6.45, 7) is 0.0588. The van der Waals surface area contributed by atoms with Crippen LogP contribution in [-0.4, -0.2) is 36.9 Å². The lowest BCUT2D eigenvalue weighted by Crippen LogP contribution is -2.33. The minimum Gasteiger partial charge on any atom is -0.491 e. The predicted octanol–water partition coefficient (Wildman–Crippen LogP) is -0.567. The Morgan fingerprint density at radius 2 is 2.12 bits per heavy atom. The highest BCUT2D eigenvalue weighted by molar-refractivity contribution is 5.74. The van der Waals surface area contributed by atoms with Gasteiger partial charge in [0.05, 0.1) is 6.54 Å². The molecule has 1 aromatic rings. The molecule has 1 atom stereocenters. The summed E-state index contributed by atoms with van der Waals surface area (Å²) >= 11 is 0. The zero-order valence-electron chi connectivity index (χ0n) is 9.33. The lowest BCUT2D eigenvalue weighted by Gasteiger charge is -2.12. The topological polar surface area (TPSA) is 93.8 Å². The number of para-hydroxylation sites is 1. The summed E-state index contributed by atoms with van der Waals surface area (Å²) in [5.74, 6) is 0.108. The highest BCUT2D eigenvalue weighted by Gasteiger charge is 2.05. The highest BCUT2D eigenvalue weighted by Crippen LogP contribution is 2.08. The van der Waals surface area contributed by atoms with Crippen molar-refractivity contribution >= 4 is 5.91 Å². The number of aliphatic hydroxyl groups excluding tert-OH is 1. The van der Waals surface area contributed by atoms with Crippen LogP contribution < -0.4 is 16.0 Å². The summed E-state index contributed by atoms with van der Waals surface area (Å²) in [6.07, 6.45) is -0.733. The molecule has 0 saturated carbocycles. The third-order valence-electron chi connectivity index (χ3n) is 1.82. The van der Waals surface area contributed by atoms with Crippen molar-refractivity contribution in [2.24, 2.45) is 5.73 Å². The van der Waals surface area contributed by atoms with E-state index in [9.17, 15) is 9.90 Å². The molecule has 6 nitrogen and oxygen atoms in total. The monoisotopic (exact) mass is 240 g/mol. The average molecular weight is 240 g/mol. The Morgan fingerprint density at radius 1 is 1.41 bits per heavy atom. The number of hydrogen-bond donors (Lipinski definition) is 3. The van der Waals surface area contributed by atoms with Gasteiger partial charge in [0.25, 0.3) is 0 Å². The molecule has 0 aromatic heterocycles. The first kappa shape index (κ1) is 13.4. The minimum absolute atomic E-state index is 0.136. The fraction of sp³-hybridized carbons (Fsp3) is 0.364. The molecule has 1 aromatic carbocycles. The molecule has 6 heteroatoms. The molecule has 1 unspecified atom stereocenters. The van der Waals surface area contributed by atoms with Gasteiger partial charge in [0.15, 0.2) is 0 Å². The Kier molecular flexibility index (Phi) is 6.02. The van der Waals surface area contributed by atoms with E-state index in [1.165, 1.54) is 0 Å². The molecule has 0 saturated heterocycles. The number of nitrogens with one attached hydrogen (secondary N) is 1. The standard InChI is InChI=1S/C11H16N2O4/c12-11(15)8-17-13-6-9(14)7-16-10-4-2-1-3-5-10/h1-5,9,13-14H,6-8H2,(H2,12,15). The summed E-state index contributed by atoms with van der Waals surface area (Å²) in [7, 11) is 0. The van der Waals surface area contributed by atoms with Gasteiger partial charge in [-0.15, -0.1) is 0 Å². The fourth-order valence-corrected chi connectivity index (χ4v) is 1.05. The highest BCUT2D eigenvalue weighted by atomic mass is 16.6. The third-order valence-corrected chi connectivity index (χ3v) is 1.82. The van der Waals surface area contributed by atoms with Crippen LogP contribution in [0.1, 0.15) is 0 Å². The molecule has 0 aliphatic rings. The molecule has 0 bridgehead atoms. The second-order valence-electron chi connectivity index (χ2n) is 3.38. The fourth-order valence-electron chi connectivity index (χ4n) is 1.05. The van der Waals surface area contributed by atoms with E-state index in [-0.39, 0.29) is 19.8 Å². The van der Waals surface area contributed by atoms with Crippen LogP contribution in [0, 0.1) is 0 Å². The van der Waals surface area contributed by atoms with Gasteiger partial charge in [-0.1, -0.05) is 18.2 Å². The van der Waals surface area contributed by atoms with Crippen molar-refractivity contribution in [2.45, 2.75) is 6.10 Å². The Labute approximate surface area is 99.3 Å². The normalized spacial score (nSPS) is 12.1. The number of aliphatic hydroxyl groups is 1. The Hall–Kier alpha value is -1.63. The van der Waals surface area contributed by atoms with Crippen LogP contribution >= 0.6 is 0 Å². The molecule has 0 aliphatic carbocycles. The van der Waals surface area contributed by atoms with E-state index in [0.29, 0.717) is 5.75 Å². The van der Waals surface area contributed by atoms with Crippen LogP contribution in [0.4, 0.5) is 0 Å². The summed E-state index contributed by atoms with van der Waals surface area (Å²) in [5.41, 5.74) is 7.27.